The third kappa shape index (κ3) is 9.11. The number of carbonyl (C=O) groups excluding carboxylic acids is 2. The molecular weight excluding hydrogens is 602 g/mol. The smallest absolute Gasteiger partial charge is 0.204 e. The summed E-state index contributed by atoms with van der Waals surface area (Å²) in [6.07, 6.45) is 3.40. The number of carbonyl (C=O) groups is 1. The molecule has 3 aromatic carbocycles. The number of ketones is 1. The van der Waals surface area contributed by atoms with Crippen molar-refractivity contribution in [2.45, 2.75) is 13.3 Å². The number of hydrogen-bond acceptors (Lipinski definition) is 10. The van der Waals surface area contributed by atoms with Crippen LogP contribution in [-0.4, -0.2) is 75.1 Å². The molecule has 0 aromatic heterocycles. The van der Waals surface area contributed by atoms with Crippen LogP contribution in [-0.2, 0) is 11.2 Å². The molecule has 10 nitrogen and oxygen atoms in total. The Kier molecular flexibility index (Phi) is 14.7. The number of anilines is 1. The molecule has 45 heavy (non-hydrogen) atoms. The lowest BCUT2D eigenvalue weighted by molar-refractivity contribution is 0.104. The summed E-state index contributed by atoms with van der Waals surface area (Å²) in [5, 5.41) is 0.0457. The zero-order valence-electron chi connectivity index (χ0n) is 27.1. The van der Waals surface area contributed by atoms with Crippen molar-refractivity contribution >= 4 is 35.1 Å². The Morgan fingerprint density at radius 1 is 0.778 bits per heavy atom. The number of methoxy groups -OCH3 is 6. The van der Waals surface area contributed by atoms with Gasteiger partial charge in [0.05, 0.1) is 60.0 Å². The average Bonchev–Trinajstić information content (AvgIpc) is 3.06. The molecule has 0 atom stereocenters. The zero-order valence-corrected chi connectivity index (χ0v) is 27.9. The summed E-state index contributed by atoms with van der Waals surface area (Å²) in [6.45, 7) is 2.45. The molecule has 0 heterocycles. The molecule has 11 heteroatoms. The van der Waals surface area contributed by atoms with E-state index >= 15 is 0 Å². The maximum Gasteiger partial charge on any atom is 0.204 e. The molecule has 242 valence electrons. The van der Waals surface area contributed by atoms with E-state index in [9.17, 15) is 9.59 Å². The highest BCUT2D eigenvalue weighted by Gasteiger charge is 2.19. The molecule has 0 amide bonds. The highest BCUT2D eigenvalue weighted by atomic mass is 35.5. The van der Waals surface area contributed by atoms with Gasteiger partial charge in [0.2, 0.25) is 17.3 Å². The molecule has 3 rings (SSSR count). The van der Waals surface area contributed by atoms with Crippen LogP contribution in [0.5, 0.6) is 40.2 Å². The second-order valence-corrected chi connectivity index (χ2v) is 9.68. The Hall–Kier alpha value is -4.79. The molecule has 0 N–H and O–H groups in total. The van der Waals surface area contributed by atoms with Gasteiger partial charge in [0.1, 0.15) is 11.7 Å². The summed E-state index contributed by atoms with van der Waals surface area (Å²) < 4.78 is 37.3. The lowest BCUT2D eigenvalue weighted by atomic mass is 10.1. The summed E-state index contributed by atoms with van der Waals surface area (Å²) >= 11 is 6.37. The maximum absolute atomic E-state index is 12.9. The Balaban J connectivity index is 0.000000372. The minimum absolute atomic E-state index is 0.0457. The van der Waals surface area contributed by atoms with Crippen LogP contribution in [0.25, 0.3) is 6.08 Å². The first-order valence-electron chi connectivity index (χ1n) is 13.8. The number of nitrogens with zero attached hydrogens (tertiary/aromatic N) is 1. The Morgan fingerprint density at radius 2 is 1.33 bits per heavy atom. The number of Topliss-reactive ketones (excluding diaryl/α,β-unsaturated/α-hetero) is 1. The summed E-state index contributed by atoms with van der Waals surface area (Å²) in [4.78, 5) is 25.0. The van der Waals surface area contributed by atoms with Gasteiger partial charge in [-0.15, -0.1) is 0 Å². The molecule has 0 fully saturated rings. The van der Waals surface area contributed by atoms with Crippen molar-refractivity contribution in [2.24, 2.45) is 0 Å². The van der Waals surface area contributed by atoms with Gasteiger partial charge >= 0.3 is 0 Å². The standard InChI is InChI=1S/C22H26ClNO5.C12H14O4/c1-7-29-18-10-8-14(13-17(18)24(2)3)20(25)16(23)12-15-9-11-19(26-4)22(28-6)21(15)27-5;1-14-10-7-6-9(5-4-8-13)11(15-2)12(10)16-3/h8-13H,7H2,1-6H3;4,6-7H,5H2,1-3H3/b16-12+;. The topological polar surface area (TPSA) is 102 Å². The van der Waals surface area contributed by atoms with E-state index in [1.165, 1.54) is 27.4 Å². The van der Waals surface area contributed by atoms with Crippen LogP contribution in [0.4, 0.5) is 5.69 Å². The number of ether oxygens (including phenoxy) is 7. The predicted molar refractivity (Wildman–Crippen MR) is 176 cm³/mol. The van der Waals surface area contributed by atoms with E-state index in [-0.39, 0.29) is 10.8 Å². The molecule has 0 saturated heterocycles. The highest BCUT2D eigenvalue weighted by Crippen LogP contribution is 2.41. The van der Waals surface area contributed by atoms with Crippen LogP contribution in [0.2, 0.25) is 0 Å². The fraction of sp³-hybridized carbons (Fsp3) is 0.324. The third-order valence-corrected chi connectivity index (χ3v) is 6.71. The molecular formula is C34H40ClNO9. The van der Waals surface area contributed by atoms with Crippen molar-refractivity contribution in [1.29, 1.82) is 0 Å². The van der Waals surface area contributed by atoms with Crippen LogP contribution < -0.4 is 38.1 Å². The monoisotopic (exact) mass is 641 g/mol. The number of hydrogen-bond donors (Lipinski definition) is 0. The van der Waals surface area contributed by atoms with Gasteiger partial charge in [-0.2, -0.15) is 0 Å². The molecule has 0 unspecified atom stereocenters. The predicted octanol–water partition coefficient (Wildman–Crippen LogP) is 6.28. The van der Waals surface area contributed by atoms with Crippen molar-refractivity contribution in [3.05, 3.63) is 70.3 Å². The van der Waals surface area contributed by atoms with Crippen molar-refractivity contribution < 1.29 is 42.7 Å². The Labute approximate surface area is 269 Å². The van der Waals surface area contributed by atoms with Crippen molar-refractivity contribution in [3.63, 3.8) is 0 Å². The van der Waals surface area contributed by atoms with Gasteiger partial charge in [-0.1, -0.05) is 17.7 Å². The van der Waals surface area contributed by atoms with Gasteiger partial charge in [-0.25, -0.2) is 4.79 Å². The van der Waals surface area contributed by atoms with Gasteiger partial charge in [0, 0.05) is 43.3 Å². The fourth-order valence-electron chi connectivity index (χ4n) is 4.34. The van der Waals surface area contributed by atoms with Crippen LogP contribution in [0, 0.1) is 0 Å². The second-order valence-electron chi connectivity index (χ2n) is 9.27. The lowest BCUT2D eigenvalue weighted by Crippen LogP contribution is -2.12. The summed E-state index contributed by atoms with van der Waals surface area (Å²) in [5.74, 6) is 5.20. The van der Waals surface area contributed by atoms with Gasteiger partial charge in [-0.05, 0) is 49.4 Å². The van der Waals surface area contributed by atoms with Crippen LogP contribution in [0.3, 0.4) is 0 Å². The quantitative estimate of drug-likeness (QED) is 0.113. The number of benzene rings is 3. The first kappa shape index (κ1) is 36.4. The lowest BCUT2D eigenvalue weighted by Gasteiger charge is -2.18. The van der Waals surface area contributed by atoms with Crippen LogP contribution >= 0.6 is 11.6 Å². The van der Waals surface area contributed by atoms with E-state index in [1.54, 1.807) is 69.7 Å². The normalized spacial score (nSPS) is 10.4. The molecule has 3 aromatic rings. The first-order valence-corrected chi connectivity index (χ1v) is 14.2. The molecule has 0 aliphatic carbocycles. The van der Waals surface area contributed by atoms with E-state index in [4.69, 9.17) is 44.8 Å². The van der Waals surface area contributed by atoms with Gasteiger partial charge in [0.15, 0.2) is 23.0 Å². The zero-order chi connectivity index (χ0) is 33.5. The van der Waals surface area contributed by atoms with Gasteiger partial charge in [-0.3, -0.25) is 4.79 Å². The Morgan fingerprint density at radius 3 is 1.84 bits per heavy atom. The van der Waals surface area contributed by atoms with Gasteiger partial charge in [0.25, 0.3) is 0 Å². The van der Waals surface area contributed by atoms with Crippen molar-refractivity contribution in [2.75, 3.05) is 68.3 Å². The van der Waals surface area contributed by atoms with E-state index in [1.807, 2.05) is 32.0 Å². The van der Waals surface area contributed by atoms with E-state index < -0.39 is 0 Å². The van der Waals surface area contributed by atoms with E-state index in [0.29, 0.717) is 64.4 Å². The molecule has 0 radical (unpaired) electrons. The first-order chi connectivity index (χ1) is 21.6. The third-order valence-electron chi connectivity index (χ3n) is 6.43. The number of halogens is 1. The SMILES string of the molecule is CCOc1ccc(C(=O)/C(Cl)=C\c2ccc(OC)c(OC)c2OC)cc1N(C)C.COc1ccc(CC=C=O)c(OC)c1OC. The number of rotatable bonds is 14. The molecule has 0 spiro atoms. The summed E-state index contributed by atoms with van der Waals surface area (Å²) in [7, 11) is 13.0. The average molecular weight is 642 g/mol. The highest BCUT2D eigenvalue weighted by molar-refractivity contribution is 6.47. The molecule has 0 saturated carbocycles. The summed E-state index contributed by atoms with van der Waals surface area (Å²) in [6, 6.07) is 12.3. The van der Waals surface area contributed by atoms with Crippen LogP contribution in [0.15, 0.2) is 53.6 Å². The van der Waals surface area contributed by atoms with Crippen molar-refractivity contribution in [3.8, 4) is 40.2 Å². The molecule has 0 aliphatic rings. The minimum Gasteiger partial charge on any atom is -0.493 e. The summed E-state index contributed by atoms with van der Waals surface area (Å²) in [5.41, 5.74) is 2.70. The van der Waals surface area contributed by atoms with Crippen LogP contribution in [0.1, 0.15) is 28.4 Å². The van der Waals surface area contributed by atoms with E-state index in [2.05, 4.69) is 0 Å². The second kappa shape index (κ2) is 18.1. The number of allylic oxidation sites excluding steroid dienone is 2. The minimum atomic E-state index is -0.311. The maximum atomic E-state index is 12.9. The Bertz CT molecular complexity index is 1530. The van der Waals surface area contributed by atoms with Crippen molar-refractivity contribution in [1.82, 2.24) is 0 Å². The largest absolute Gasteiger partial charge is 0.493 e. The molecule has 0 aliphatic heterocycles. The van der Waals surface area contributed by atoms with E-state index in [0.717, 1.165) is 11.3 Å². The van der Waals surface area contributed by atoms with Gasteiger partial charge < -0.3 is 38.1 Å². The fourth-order valence-corrected chi connectivity index (χ4v) is 4.57. The molecule has 0 bridgehead atoms.